The van der Waals surface area contributed by atoms with E-state index in [1.54, 1.807) is 7.11 Å². The Morgan fingerprint density at radius 2 is 2.29 bits per heavy atom. The summed E-state index contributed by atoms with van der Waals surface area (Å²) in [6, 6.07) is 0. The second kappa shape index (κ2) is 5.36. The van der Waals surface area contributed by atoms with E-state index >= 15 is 0 Å². The van der Waals surface area contributed by atoms with Gasteiger partial charge in [-0.1, -0.05) is 15.9 Å². The van der Waals surface area contributed by atoms with E-state index in [9.17, 15) is 0 Å². The number of pyridine rings is 1. The molecule has 1 fully saturated rings. The van der Waals surface area contributed by atoms with Crippen LogP contribution in [0.15, 0.2) is 6.20 Å². The lowest BCUT2D eigenvalue weighted by Crippen LogP contribution is -2.21. The highest BCUT2D eigenvalue weighted by Crippen LogP contribution is 2.26. The van der Waals surface area contributed by atoms with Gasteiger partial charge < -0.3 is 4.74 Å². The van der Waals surface area contributed by atoms with Crippen LogP contribution in [0.2, 0.25) is 0 Å². The molecule has 2 rings (SSSR count). The van der Waals surface area contributed by atoms with Crippen molar-refractivity contribution in [1.29, 1.82) is 0 Å². The minimum Gasteiger partial charge on any atom is -0.496 e. The van der Waals surface area contributed by atoms with Crippen LogP contribution in [0.5, 0.6) is 5.75 Å². The topological polar surface area (TPSA) is 25.4 Å². The van der Waals surface area contributed by atoms with Gasteiger partial charge in [-0.05, 0) is 26.8 Å². The molecule has 1 aliphatic rings. The lowest BCUT2D eigenvalue weighted by molar-refractivity contribution is 0.325. The number of hydrogen-bond acceptors (Lipinski definition) is 3. The van der Waals surface area contributed by atoms with E-state index in [4.69, 9.17) is 4.74 Å². The van der Waals surface area contributed by atoms with Crippen molar-refractivity contribution in [3.63, 3.8) is 0 Å². The molecule has 0 radical (unpaired) electrons. The van der Waals surface area contributed by atoms with Crippen LogP contribution in [-0.2, 0) is 6.54 Å². The molecule has 0 aromatic carbocycles. The Hall–Kier alpha value is -0.610. The van der Waals surface area contributed by atoms with Crippen molar-refractivity contribution in [2.45, 2.75) is 31.6 Å². The summed E-state index contributed by atoms with van der Waals surface area (Å²) >= 11 is 3.66. The van der Waals surface area contributed by atoms with E-state index in [0.29, 0.717) is 4.83 Å². The zero-order valence-corrected chi connectivity index (χ0v) is 12.2. The number of hydrogen-bond donors (Lipinski definition) is 0. The molecule has 0 amide bonds. The number of nitrogens with zero attached hydrogens (tertiary/aromatic N) is 2. The largest absolute Gasteiger partial charge is 0.496 e. The van der Waals surface area contributed by atoms with E-state index in [1.807, 2.05) is 13.1 Å². The van der Waals surface area contributed by atoms with Crippen LogP contribution in [0.3, 0.4) is 0 Å². The first kappa shape index (κ1) is 12.8. The Kier molecular flexibility index (Phi) is 4.05. The van der Waals surface area contributed by atoms with Crippen molar-refractivity contribution in [3.05, 3.63) is 23.0 Å². The van der Waals surface area contributed by atoms with Crippen LogP contribution in [0.1, 0.15) is 23.2 Å². The van der Waals surface area contributed by atoms with Gasteiger partial charge in [0.1, 0.15) is 5.75 Å². The van der Waals surface area contributed by atoms with Crippen molar-refractivity contribution in [2.75, 3.05) is 20.2 Å². The minimum atomic E-state index is 0.634. The first-order chi connectivity index (χ1) is 8.11. The quantitative estimate of drug-likeness (QED) is 0.802. The first-order valence-electron chi connectivity index (χ1n) is 5.97. The lowest BCUT2D eigenvalue weighted by atomic mass is 10.1. The first-order valence-corrected chi connectivity index (χ1v) is 6.89. The zero-order valence-electron chi connectivity index (χ0n) is 10.7. The molecular formula is C13H19BrN2O. The predicted octanol–water partition coefficient (Wildman–Crippen LogP) is 2.68. The molecule has 17 heavy (non-hydrogen) atoms. The van der Waals surface area contributed by atoms with Gasteiger partial charge in [0, 0.05) is 35.2 Å². The molecule has 0 bridgehead atoms. The number of rotatable bonds is 3. The Balaban J connectivity index is 2.16. The number of likely N-dealkylation sites (tertiary alicyclic amines) is 1. The maximum absolute atomic E-state index is 5.43. The standard InChI is InChI=1S/C13H19BrN2O/c1-9-6-15-12(10(2)13(9)17-3)8-16-5-4-11(14)7-16/h6,11H,4-5,7-8H2,1-3H3. The van der Waals surface area contributed by atoms with Crippen molar-refractivity contribution < 1.29 is 4.74 Å². The minimum absolute atomic E-state index is 0.634. The van der Waals surface area contributed by atoms with E-state index in [2.05, 4.69) is 32.7 Å². The highest BCUT2D eigenvalue weighted by atomic mass is 79.9. The van der Waals surface area contributed by atoms with Crippen LogP contribution in [-0.4, -0.2) is 34.9 Å². The molecular weight excluding hydrogens is 280 g/mol. The fraction of sp³-hybridized carbons (Fsp3) is 0.615. The van der Waals surface area contributed by atoms with Crippen molar-refractivity contribution in [1.82, 2.24) is 9.88 Å². The number of methoxy groups -OCH3 is 1. The highest BCUT2D eigenvalue weighted by Gasteiger charge is 2.21. The van der Waals surface area contributed by atoms with Gasteiger partial charge in [-0.15, -0.1) is 0 Å². The third-order valence-electron chi connectivity index (χ3n) is 3.34. The average molecular weight is 299 g/mol. The monoisotopic (exact) mass is 298 g/mol. The molecule has 1 aromatic heterocycles. The third-order valence-corrected chi connectivity index (χ3v) is 4.09. The van der Waals surface area contributed by atoms with Gasteiger partial charge in [-0.3, -0.25) is 9.88 Å². The normalized spacial score (nSPS) is 20.8. The summed E-state index contributed by atoms with van der Waals surface area (Å²) in [5.74, 6) is 0.976. The zero-order chi connectivity index (χ0) is 12.4. The summed E-state index contributed by atoms with van der Waals surface area (Å²) in [7, 11) is 1.73. The summed E-state index contributed by atoms with van der Waals surface area (Å²) in [5.41, 5.74) is 3.41. The van der Waals surface area contributed by atoms with Crippen molar-refractivity contribution in [2.24, 2.45) is 0 Å². The smallest absolute Gasteiger partial charge is 0.128 e. The number of halogens is 1. The van der Waals surface area contributed by atoms with Gasteiger partial charge in [-0.2, -0.15) is 0 Å². The molecule has 1 atom stereocenters. The van der Waals surface area contributed by atoms with Gasteiger partial charge in [0.2, 0.25) is 0 Å². The molecule has 3 nitrogen and oxygen atoms in total. The fourth-order valence-electron chi connectivity index (χ4n) is 2.37. The van der Waals surface area contributed by atoms with Crippen molar-refractivity contribution >= 4 is 15.9 Å². The Morgan fingerprint density at radius 1 is 1.53 bits per heavy atom. The van der Waals surface area contributed by atoms with Crippen LogP contribution in [0.25, 0.3) is 0 Å². The van der Waals surface area contributed by atoms with Crippen LogP contribution >= 0.6 is 15.9 Å². The third kappa shape index (κ3) is 2.80. The molecule has 1 aromatic rings. The molecule has 4 heteroatoms. The van der Waals surface area contributed by atoms with E-state index in [1.165, 1.54) is 12.0 Å². The van der Waals surface area contributed by atoms with E-state index in [-0.39, 0.29) is 0 Å². The second-order valence-corrected chi connectivity index (χ2v) is 5.96. The molecule has 0 aliphatic carbocycles. The molecule has 0 N–H and O–H groups in total. The summed E-state index contributed by atoms with van der Waals surface area (Å²) < 4.78 is 5.43. The molecule has 2 heterocycles. The molecule has 1 aliphatic heterocycles. The summed E-state index contributed by atoms with van der Waals surface area (Å²) in [5, 5.41) is 0. The Labute approximate surface area is 111 Å². The van der Waals surface area contributed by atoms with E-state index in [0.717, 1.165) is 36.6 Å². The molecule has 1 unspecified atom stereocenters. The Bertz CT molecular complexity index is 409. The van der Waals surface area contributed by atoms with E-state index < -0.39 is 0 Å². The predicted molar refractivity (Wildman–Crippen MR) is 72.9 cm³/mol. The van der Waals surface area contributed by atoms with Crippen LogP contribution in [0, 0.1) is 13.8 Å². The molecule has 0 saturated carbocycles. The van der Waals surface area contributed by atoms with Gasteiger partial charge in [-0.25, -0.2) is 0 Å². The number of aryl methyl sites for hydroxylation is 1. The van der Waals surface area contributed by atoms with Gasteiger partial charge in [0.05, 0.1) is 12.8 Å². The van der Waals surface area contributed by atoms with Crippen LogP contribution in [0.4, 0.5) is 0 Å². The fourth-order valence-corrected chi connectivity index (χ4v) is 2.99. The summed E-state index contributed by atoms with van der Waals surface area (Å²) in [4.78, 5) is 7.61. The average Bonchev–Trinajstić information content (AvgIpc) is 2.69. The van der Waals surface area contributed by atoms with Crippen LogP contribution < -0.4 is 4.74 Å². The van der Waals surface area contributed by atoms with Gasteiger partial charge >= 0.3 is 0 Å². The number of aromatic nitrogens is 1. The SMILES string of the molecule is COc1c(C)cnc(CN2CCC(Br)C2)c1C. The molecule has 94 valence electrons. The number of alkyl halides is 1. The Morgan fingerprint density at radius 3 is 2.88 bits per heavy atom. The summed E-state index contributed by atoms with van der Waals surface area (Å²) in [6.07, 6.45) is 3.13. The molecule has 1 saturated heterocycles. The number of ether oxygens (including phenoxy) is 1. The lowest BCUT2D eigenvalue weighted by Gasteiger charge is -2.18. The van der Waals surface area contributed by atoms with Gasteiger partial charge in [0.15, 0.2) is 0 Å². The maximum atomic E-state index is 5.43. The van der Waals surface area contributed by atoms with Crippen molar-refractivity contribution in [3.8, 4) is 5.75 Å². The summed E-state index contributed by atoms with van der Waals surface area (Å²) in [6.45, 7) is 7.30. The maximum Gasteiger partial charge on any atom is 0.128 e. The highest BCUT2D eigenvalue weighted by molar-refractivity contribution is 9.09. The second-order valence-electron chi connectivity index (χ2n) is 4.67. The molecule has 0 spiro atoms. The van der Waals surface area contributed by atoms with Gasteiger partial charge in [0.25, 0.3) is 0 Å².